The van der Waals surface area contributed by atoms with E-state index in [4.69, 9.17) is 4.74 Å². The molecular formula is C25H37BrFN5O4S. The van der Waals surface area contributed by atoms with Crippen LogP contribution in [-0.2, 0) is 14.8 Å². The van der Waals surface area contributed by atoms with Crippen molar-refractivity contribution in [1.82, 2.24) is 24.3 Å². The minimum atomic E-state index is -3.77. The Morgan fingerprint density at radius 1 is 1.14 bits per heavy atom. The fourth-order valence-corrected chi connectivity index (χ4v) is 7.24. The number of hydrogen-bond acceptors (Lipinski definition) is 7. The predicted molar refractivity (Wildman–Crippen MR) is 144 cm³/mol. The molecule has 0 spiro atoms. The maximum absolute atomic E-state index is 13.6. The number of hydrogen-bond donors (Lipinski definition) is 1. The molecule has 0 bridgehead atoms. The summed E-state index contributed by atoms with van der Waals surface area (Å²) < 4.78 is 47.4. The molecule has 0 radical (unpaired) electrons. The highest BCUT2D eigenvalue weighted by atomic mass is 79.9. The van der Waals surface area contributed by atoms with E-state index in [9.17, 15) is 17.6 Å². The van der Waals surface area contributed by atoms with Gasteiger partial charge in [-0.25, -0.2) is 12.8 Å². The van der Waals surface area contributed by atoms with E-state index in [1.165, 1.54) is 4.31 Å². The third-order valence-corrected chi connectivity index (χ3v) is 10.2. The third-order valence-electron chi connectivity index (χ3n) is 7.12. The first-order valence-corrected chi connectivity index (χ1v) is 15.3. The Hall–Kier alpha value is -1.73. The van der Waals surface area contributed by atoms with Crippen LogP contribution >= 0.6 is 15.9 Å². The van der Waals surface area contributed by atoms with Crippen molar-refractivity contribution in [2.45, 2.75) is 42.7 Å². The van der Waals surface area contributed by atoms with Crippen LogP contribution in [0.3, 0.4) is 0 Å². The van der Waals surface area contributed by atoms with Crippen LogP contribution in [0.25, 0.3) is 0 Å². The van der Waals surface area contributed by atoms with E-state index in [2.05, 4.69) is 33.1 Å². The average Bonchev–Trinajstić information content (AvgIpc) is 3.22. The molecule has 1 saturated heterocycles. The molecule has 4 rings (SSSR count). The summed E-state index contributed by atoms with van der Waals surface area (Å²) in [5.74, 6) is 0.389. The number of sulfonamides is 1. The number of likely N-dealkylation sites (N-methyl/N-ethyl adjacent to an activating group) is 1. The van der Waals surface area contributed by atoms with Crippen molar-refractivity contribution in [3.63, 3.8) is 0 Å². The minimum Gasteiger partial charge on any atom is -0.493 e. The lowest BCUT2D eigenvalue weighted by Crippen LogP contribution is -2.49. The highest BCUT2D eigenvalue weighted by molar-refractivity contribution is 9.09. The van der Waals surface area contributed by atoms with Gasteiger partial charge in [0.15, 0.2) is 0 Å². The molecule has 3 aliphatic heterocycles. The van der Waals surface area contributed by atoms with Gasteiger partial charge in [0.1, 0.15) is 23.2 Å². The molecule has 3 aliphatic rings. The van der Waals surface area contributed by atoms with Crippen molar-refractivity contribution in [3.05, 3.63) is 35.0 Å². The quantitative estimate of drug-likeness (QED) is 0.326. The number of carbonyl (C=O) groups is 1. The van der Waals surface area contributed by atoms with E-state index >= 15 is 0 Å². The first kappa shape index (κ1) is 28.3. The fourth-order valence-electron chi connectivity index (χ4n) is 5.22. The lowest BCUT2D eigenvalue weighted by molar-refractivity contribution is -0.118. The number of rotatable bonds is 10. The molecule has 0 aromatic heterocycles. The fraction of sp³-hybridized carbons (Fsp3) is 0.640. The lowest BCUT2D eigenvalue weighted by atomic mass is 9.97. The second kappa shape index (κ2) is 12.0. The van der Waals surface area contributed by atoms with E-state index < -0.39 is 22.7 Å². The molecule has 206 valence electrons. The van der Waals surface area contributed by atoms with Gasteiger partial charge in [-0.2, -0.15) is 4.31 Å². The molecule has 3 heterocycles. The van der Waals surface area contributed by atoms with Crippen LogP contribution in [-0.4, -0.2) is 105 Å². The van der Waals surface area contributed by atoms with Gasteiger partial charge in [0.25, 0.3) is 5.91 Å². The summed E-state index contributed by atoms with van der Waals surface area (Å²) in [4.78, 5) is 19.4. The van der Waals surface area contributed by atoms with Gasteiger partial charge in [0.05, 0.1) is 17.5 Å². The summed E-state index contributed by atoms with van der Waals surface area (Å²) in [6.07, 6.45) is 1.76. The predicted octanol–water partition coefficient (Wildman–Crippen LogP) is 2.51. The van der Waals surface area contributed by atoms with Crippen molar-refractivity contribution in [3.8, 4) is 5.75 Å². The van der Waals surface area contributed by atoms with Crippen LogP contribution in [0.4, 0.5) is 4.39 Å². The molecular weight excluding hydrogens is 565 g/mol. The number of nitrogens with one attached hydrogen (secondary N) is 1. The van der Waals surface area contributed by atoms with Gasteiger partial charge >= 0.3 is 0 Å². The molecule has 0 aliphatic carbocycles. The second-order valence-electron chi connectivity index (χ2n) is 9.66. The summed E-state index contributed by atoms with van der Waals surface area (Å²) in [6.45, 7) is 7.51. The summed E-state index contributed by atoms with van der Waals surface area (Å²) in [5.41, 5.74) is 2.16. The highest BCUT2D eigenvalue weighted by Gasteiger charge is 2.43. The van der Waals surface area contributed by atoms with Gasteiger partial charge < -0.3 is 15.0 Å². The first-order valence-electron chi connectivity index (χ1n) is 12.9. The molecule has 0 saturated carbocycles. The molecule has 37 heavy (non-hydrogen) atoms. The molecule has 1 N–H and O–H groups in total. The molecule has 1 aromatic carbocycles. The van der Waals surface area contributed by atoms with E-state index in [0.29, 0.717) is 62.9 Å². The van der Waals surface area contributed by atoms with Crippen LogP contribution in [0, 0.1) is 0 Å². The number of benzene rings is 1. The van der Waals surface area contributed by atoms with E-state index in [1.54, 1.807) is 18.2 Å². The number of halogens is 2. The minimum absolute atomic E-state index is 0.103. The third kappa shape index (κ3) is 5.68. The number of amides is 1. The van der Waals surface area contributed by atoms with Crippen LogP contribution in [0.15, 0.2) is 34.4 Å². The van der Waals surface area contributed by atoms with Crippen molar-refractivity contribution in [2.24, 2.45) is 0 Å². The molecule has 9 nitrogen and oxygen atoms in total. The molecule has 2 unspecified atom stereocenters. The first-order chi connectivity index (χ1) is 17.7. The SMILES string of the molecule is CCCOc1ccc(S(=O)(=O)N2CCN(CCF)CC2)cc1C1NC(=O)C2=C1CN(CCC)C(Br)N2C. The molecule has 1 aromatic rings. The molecule has 1 fully saturated rings. The Morgan fingerprint density at radius 2 is 1.86 bits per heavy atom. The number of alkyl halides is 2. The highest BCUT2D eigenvalue weighted by Crippen LogP contribution is 2.41. The van der Waals surface area contributed by atoms with Crippen LogP contribution in [0.5, 0.6) is 5.75 Å². The van der Waals surface area contributed by atoms with Crippen molar-refractivity contribution in [1.29, 1.82) is 0 Å². The zero-order chi connectivity index (χ0) is 26.7. The van der Waals surface area contributed by atoms with E-state index in [0.717, 1.165) is 25.0 Å². The Morgan fingerprint density at radius 3 is 2.51 bits per heavy atom. The summed E-state index contributed by atoms with van der Waals surface area (Å²) in [5, 5.41) is 2.99. The Balaban J connectivity index is 1.70. The monoisotopic (exact) mass is 601 g/mol. The summed E-state index contributed by atoms with van der Waals surface area (Å²) in [7, 11) is -1.89. The van der Waals surface area contributed by atoms with Crippen LogP contribution < -0.4 is 10.1 Å². The Labute approximate surface area is 227 Å². The van der Waals surface area contributed by atoms with Gasteiger partial charge in [0, 0.05) is 58.4 Å². The molecule has 1 amide bonds. The largest absolute Gasteiger partial charge is 0.493 e. The number of nitrogens with zero attached hydrogens (tertiary/aromatic N) is 4. The lowest BCUT2D eigenvalue weighted by Gasteiger charge is -2.40. The van der Waals surface area contributed by atoms with E-state index in [-0.39, 0.29) is 15.9 Å². The van der Waals surface area contributed by atoms with Gasteiger partial charge in [0.2, 0.25) is 10.0 Å². The average molecular weight is 603 g/mol. The van der Waals surface area contributed by atoms with Crippen molar-refractivity contribution in [2.75, 3.05) is 66.1 Å². The number of piperazine rings is 1. The van der Waals surface area contributed by atoms with E-state index in [1.807, 2.05) is 23.8 Å². The van der Waals surface area contributed by atoms with Crippen molar-refractivity contribution >= 4 is 31.9 Å². The number of ether oxygens (including phenoxy) is 1. The summed E-state index contributed by atoms with van der Waals surface area (Å²) >= 11 is 3.71. The van der Waals surface area contributed by atoms with Gasteiger partial charge in [-0.3, -0.25) is 14.6 Å². The standard InChI is InChI=1S/C25H37BrFN5O4S/c1-4-9-31-17-20-22(28-24(33)23(20)29(3)25(31)26)19-16-18(6-7-21(19)36-15-5-2)37(34,35)32-13-11-30(10-8-27)12-14-32/h6-7,16,22,25H,4-5,8-15,17H2,1-3H3,(H,28,33). The van der Waals surface area contributed by atoms with Crippen molar-refractivity contribution < 1.29 is 22.3 Å². The Kier molecular flexibility index (Phi) is 9.16. The normalized spacial score (nSPS) is 23.9. The maximum Gasteiger partial charge on any atom is 0.268 e. The molecule has 12 heteroatoms. The second-order valence-corrected chi connectivity index (χ2v) is 12.4. The maximum atomic E-state index is 13.6. The van der Waals surface area contributed by atoms with Crippen LogP contribution in [0.1, 0.15) is 38.3 Å². The topological polar surface area (TPSA) is 85.4 Å². The molecule has 2 atom stereocenters. The summed E-state index contributed by atoms with van der Waals surface area (Å²) in [6, 6.07) is 4.44. The van der Waals surface area contributed by atoms with Gasteiger partial charge in [-0.15, -0.1) is 0 Å². The van der Waals surface area contributed by atoms with Gasteiger partial charge in [-0.1, -0.05) is 13.8 Å². The zero-order valence-electron chi connectivity index (χ0n) is 21.8. The van der Waals surface area contributed by atoms with Gasteiger partial charge in [-0.05, 0) is 52.5 Å². The van der Waals surface area contributed by atoms with Crippen LogP contribution in [0.2, 0.25) is 0 Å². The Bertz CT molecular complexity index is 1130. The smallest absolute Gasteiger partial charge is 0.268 e. The zero-order valence-corrected chi connectivity index (χ0v) is 24.2. The number of carbonyl (C=O) groups excluding carboxylic acids is 1.